The highest BCUT2D eigenvalue weighted by Crippen LogP contribution is 2.19. The largest absolute Gasteiger partial charge is 0.481 e. The number of hydrogen-bond acceptors (Lipinski definition) is 3. The van der Waals surface area contributed by atoms with E-state index in [1.807, 2.05) is 18.3 Å². The Morgan fingerprint density at radius 1 is 1.17 bits per heavy atom. The van der Waals surface area contributed by atoms with Crippen molar-refractivity contribution in [2.24, 2.45) is 0 Å². The van der Waals surface area contributed by atoms with Crippen molar-refractivity contribution < 1.29 is 9.90 Å². The molecule has 1 N–H and O–H groups in total. The summed E-state index contributed by atoms with van der Waals surface area (Å²) in [4.78, 5) is 17.3. The number of benzene rings is 1. The van der Waals surface area contributed by atoms with E-state index < -0.39 is 5.97 Å². The summed E-state index contributed by atoms with van der Waals surface area (Å²) in [6, 6.07) is 8.30. The van der Waals surface area contributed by atoms with Gasteiger partial charge in [-0.25, -0.2) is 0 Å². The Kier molecular flexibility index (Phi) is 5.88. The third-order valence-corrected chi connectivity index (χ3v) is 3.99. The molecule has 0 saturated heterocycles. The van der Waals surface area contributed by atoms with Gasteiger partial charge in [0.1, 0.15) is 0 Å². The zero-order valence-corrected chi connectivity index (χ0v) is 14.0. The first-order chi connectivity index (χ1) is 11.0. The normalized spacial score (nSPS) is 11.0. The molecule has 122 valence electrons. The van der Waals surface area contributed by atoms with Crippen LogP contribution in [-0.2, 0) is 17.9 Å². The van der Waals surface area contributed by atoms with Gasteiger partial charge in [0.2, 0.25) is 0 Å². The van der Waals surface area contributed by atoms with Gasteiger partial charge in [0.05, 0.1) is 6.42 Å². The zero-order chi connectivity index (χ0) is 16.8. The molecule has 0 bridgehead atoms. The highest BCUT2D eigenvalue weighted by molar-refractivity contribution is 5.66. The first-order valence-electron chi connectivity index (χ1n) is 7.85. The van der Waals surface area contributed by atoms with Crippen molar-refractivity contribution in [3.05, 3.63) is 64.5 Å². The Morgan fingerprint density at radius 3 is 2.43 bits per heavy atom. The van der Waals surface area contributed by atoms with Gasteiger partial charge in [-0.15, -0.1) is 0 Å². The maximum absolute atomic E-state index is 10.9. The first-order valence-corrected chi connectivity index (χ1v) is 7.85. The van der Waals surface area contributed by atoms with Crippen molar-refractivity contribution in [1.29, 1.82) is 0 Å². The summed E-state index contributed by atoms with van der Waals surface area (Å²) >= 11 is 0. The summed E-state index contributed by atoms with van der Waals surface area (Å²) in [6.45, 7) is 8.32. The molecule has 4 heteroatoms. The molecule has 0 saturated carbocycles. The van der Waals surface area contributed by atoms with E-state index in [0.717, 1.165) is 12.1 Å². The van der Waals surface area contributed by atoms with Crippen molar-refractivity contribution >= 4 is 5.97 Å². The number of aliphatic carboxylic acids is 1. The molecule has 1 aromatic carbocycles. The van der Waals surface area contributed by atoms with Gasteiger partial charge in [-0.1, -0.05) is 23.8 Å². The van der Waals surface area contributed by atoms with Crippen molar-refractivity contribution in [2.45, 2.75) is 40.3 Å². The van der Waals surface area contributed by atoms with E-state index in [2.05, 4.69) is 42.8 Å². The number of rotatable bonds is 7. The lowest BCUT2D eigenvalue weighted by Crippen LogP contribution is -2.26. The first kappa shape index (κ1) is 17.2. The van der Waals surface area contributed by atoms with Crippen LogP contribution in [0.15, 0.2) is 36.7 Å². The van der Waals surface area contributed by atoms with Crippen LogP contribution < -0.4 is 0 Å². The number of carbonyl (C=O) groups is 1. The Bertz CT molecular complexity index is 645. The van der Waals surface area contributed by atoms with E-state index in [9.17, 15) is 4.79 Å². The van der Waals surface area contributed by atoms with E-state index in [4.69, 9.17) is 5.11 Å². The fourth-order valence-electron chi connectivity index (χ4n) is 2.90. The molecule has 1 aromatic heterocycles. The molecule has 0 radical (unpaired) electrons. The summed E-state index contributed by atoms with van der Waals surface area (Å²) in [7, 11) is 0. The van der Waals surface area contributed by atoms with Gasteiger partial charge in [-0.05, 0) is 49.1 Å². The molecule has 0 aliphatic carbocycles. The number of aromatic nitrogens is 1. The predicted molar refractivity (Wildman–Crippen MR) is 91.3 cm³/mol. The quantitative estimate of drug-likeness (QED) is 0.850. The molecule has 0 amide bonds. The molecule has 0 aliphatic heterocycles. The van der Waals surface area contributed by atoms with E-state index in [1.165, 1.54) is 22.3 Å². The maximum Gasteiger partial charge on any atom is 0.304 e. The van der Waals surface area contributed by atoms with Crippen LogP contribution in [0.1, 0.15) is 34.2 Å². The maximum atomic E-state index is 10.9. The lowest BCUT2D eigenvalue weighted by molar-refractivity contribution is -0.137. The highest BCUT2D eigenvalue weighted by Gasteiger charge is 2.13. The molecule has 23 heavy (non-hydrogen) atoms. The average molecular weight is 312 g/mol. The van der Waals surface area contributed by atoms with Crippen LogP contribution in [0.2, 0.25) is 0 Å². The van der Waals surface area contributed by atoms with Gasteiger partial charge in [0, 0.05) is 32.0 Å². The number of hydrogen-bond donors (Lipinski definition) is 1. The van der Waals surface area contributed by atoms with Crippen LogP contribution in [0.5, 0.6) is 0 Å². The van der Waals surface area contributed by atoms with Crippen LogP contribution >= 0.6 is 0 Å². The summed E-state index contributed by atoms with van der Waals surface area (Å²) < 4.78 is 0. The topological polar surface area (TPSA) is 53.4 Å². The second-order valence-electron chi connectivity index (χ2n) is 6.09. The Morgan fingerprint density at radius 2 is 1.87 bits per heavy atom. The molecular formula is C19H24N2O2. The van der Waals surface area contributed by atoms with Gasteiger partial charge < -0.3 is 5.11 Å². The molecule has 2 aromatic rings. The van der Waals surface area contributed by atoms with Crippen molar-refractivity contribution in [3.8, 4) is 0 Å². The molecular weight excluding hydrogens is 288 g/mol. The molecule has 0 atom stereocenters. The predicted octanol–water partition coefficient (Wildman–Crippen LogP) is 3.48. The van der Waals surface area contributed by atoms with Crippen LogP contribution in [0.3, 0.4) is 0 Å². The second kappa shape index (κ2) is 7.88. The fourth-order valence-corrected chi connectivity index (χ4v) is 2.90. The zero-order valence-electron chi connectivity index (χ0n) is 14.0. The Labute approximate surface area is 137 Å². The number of nitrogens with zero attached hydrogens (tertiary/aromatic N) is 2. The SMILES string of the molecule is Cc1cc(C)c(CN(CCC(=O)O)Cc2cccnc2)c(C)c1. The summed E-state index contributed by atoms with van der Waals surface area (Å²) in [5, 5.41) is 9.00. The summed E-state index contributed by atoms with van der Waals surface area (Å²) in [5.41, 5.74) is 6.15. The summed E-state index contributed by atoms with van der Waals surface area (Å²) in [5.74, 6) is -0.765. The second-order valence-corrected chi connectivity index (χ2v) is 6.09. The van der Waals surface area contributed by atoms with Crippen molar-refractivity contribution in [2.75, 3.05) is 6.54 Å². The number of aryl methyl sites for hydroxylation is 3. The average Bonchev–Trinajstić information content (AvgIpc) is 2.49. The van der Waals surface area contributed by atoms with E-state index in [0.29, 0.717) is 13.1 Å². The molecule has 1 heterocycles. The third kappa shape index (κ3) is 5.18. The molecule has 0 fully saturated rings. The highest BCUT2D eigenvalue weighted by atomic mass is 16.4. The summed E-state index contributed by atoms with van der Waals surface area (Å²) in [6.07, 6.45) is 3.73. The molecule has 4 nitrogen and oxygen atoms in total. The van der Waals surface area contributed by atoms with E-state index in [1.54, 1.807) is 6.20 Å². The number of carboxylic acids is 1. The molecule has 0 unspecified atom stereocenters. The van der Waals surface area contributed by atoms with Crippen LogP contribution in [0.25, 0.3) is 0 Å². The smallest absolute Gasteiger partial charge is 0.304 e. The van der Waals surface area contributed by atoms with Gasteiger partial charge in [-0.3, -0.25) is 14.7 Å². The van der Waals surface area contributed by atoms with E-state index in [-0.39, 0.29) is 6.42 Å². The minimum absolute atomic E-state index is 0.143. The van der Waals surface area contributed by atoms with Crippen LogP contribution in [0, 0.1) is 20.8 Å². The lowest BCUT2D eigenvalue weighted by atomic mass is 9.99. The minimum Gasteiger partial charge on any atom is -0.481 e. The number of pyridine rings is 1. The van der Waals surface area contributed by atoms with Gasteiger partial charge >= 0.3 is 5.97 Å². The number of carboxylic acid groups (broad SMARTS) is 1. The van der Waals surface area contributed by atoms with Gasteiger partial charge in [-0.2, -0.15) is 0 Å². The van der Waals surface area contributed by atoms with E-state index >= 15 is 0 Å². The van der Waals surface area contributed by atoms with Crippen LogP contribution in [-0.4, -0.2) is 27.5 Å². The van der Waals surface area contributed by atoms with Gasteiger partial charge in [0.25, 0.3) is 0 Å². The Hall–Kier alpha value is -2.20. The monoisotopic (exact) mass is 312 g/mol. The minimum atomic E-state index is -0.765. The molecule has 2 rings (SSSR count). The van der Waals surface area contributed by atoms with Gasteiger partial charge in [0.15, 0.2) is 0 Å². The lowest BCUT2D eigenvalue weighted by Gasteiger charge is -2.24. The standard InChI is InChI=1S/C19H24N2O2/c1-14-9-15(2)18(16(3)10-14)13-21(8-6-19(22)23)12-17-5-4-7-20-11-17/h4-5,7,9-11H,6,8,12-13H2,1-3H3,(H,22,23). The molecule has 0 spiro atoms. The van der Waals surface area contributed by atoms with Crippen molar-refractivity contribution in [1.82, 2.24) is 9.88 Å². The van der Waals surface area contributed by atoms with Crippen molar-refractivity contribution in [3.63, 3.8) is 0 Å². The third-order valence-electron chi connectivity index (χ3n) is 3.99. The fraction of sp³-hybridized carbons (Fsp3) is 0.368. The molecule has 0 aliphatic rings. The van der Waals surface area contributed by atoms with Crippen LogP contribution in [0.4, 0.5) is 0 Å². The Balaban J connectivity index is 2.18.